The Balaban J connectivity index is 1.67. The van der Waals surface area contributed by atoms with E-state index >= 15 is 0 Å². The molecule has 136 valence electrons. The minimum atomic E-state index is -0.280. The first-order chi connectivity index (χ1) is 13.7. The van der Waals surface area contributed by atoms with Crippen molar-refractivity contribution < 1.29 is 4.79 Å². The Bertz CT molecular complexity index is 1170. The molecule has 0 saturated carbocycles. The molecule has 1 amide bonds. The van der Waals surface area contributed by atoms with Crippen molar-refractivity contribution in [2.24, 2.45) is 5.10 Å². The van der Waals surface area contributed by atoms with Crippen LogP contribution < -0.4 is 5.43 Å². The number of benzene rings is 2. The lowest BCUT2D eigenvalue weighted by Gasteiger charge is -2.09. The van der Waals surface area contributed by atoms with Gasteiger partial charge in [0.1, 0.15) is 0 Å². The second-order valence-corrected chi connectivity index (χ2v) is 6.42. The standard InChI is InChI=1S/C23H18N4O/c1-16-5-4-6-17(13-16)15-25-27-23(28)20-14-22(18-9-11-24-12-10-18)26-21-8-3-2-7-19(20)21/h2-15H,1H3,(H,27,28)/b25-15+. The smallest absolute Gasteiger partial charge is 0.267 e. The van der Waals surface area contributed by atoms with E-state index in [0.717, 1.165) is 27.6 Å². The highest BCUT2D eigenvalue weighted by Gasteiger charge is 2.13. The van der Waals surface area contributed by atoms with Gasteiger partial charge in [0.05, 0.1) is 23.0 Å². The molecule has 0 aliphatic rings. The van der Waals surface area contributed by atoms with E-state index in [9.17, 15) is 4.79 Å². The fourth-order valence-corrected chi connectivity index (χ4v) is 3.01. The predicted molar refractivity (Wildman–Crippen MR) is 111 cm³/mol. The van der Waals surface area contributed by atoms with Crippen molar-refractivity contribution in [3.05, 3.63) is 95.8 Å². The molecule has 0 fully saturated rings. The summed E-state index contributed by atoms with van der Waals surface area (Å²) in [4.78, 5) is 21.6. The molecule has 0 radical (unpaired) electrons. The molecule has 0 saturated heterocycles. The molecule has 4 rings (SSSR count). The predicted octanol–water partition coefficient (Wildman–Crippen LogP) is 4.37. The van der Waals surface area contributed by atoms with Gasteiger partial charge < -0.3 is 0 Å². The zero-order chi connectivity index (χ0) is 19.3. The van der Waals surface area contributed by atoms with Crippen molar-refractivity contribution in [1.82, 2.24) is 15.4 Å². The number of nitrogens with one attached hydrogen (secondary N) is 1. The third kappa shape index (κ3) is 3.78. The number of pyridine rings is 2. The molecule has 2 aromatic carbocycles. The Hall–Kier alpha value is -3.86. The van der Waals surface area contributed by atoms with Crippen molar-refractivity contribution >= 4 is 23.0 Å². The largest absolute Gasteiger partial charge is 0.272 e. The van der Waals surface area contributed by atoms with Crippen molar-refractivity contribution in [2.75, 3.05) is 0 Å². The summed E-state index contributed by atoms with van der Waals surface area (Å²) in [6.45, 7) is 2.01. The molecule has 0 atom stereocenters. The van der Waals surface area contributed by atoms with E-state index in [1.54, 1.807) is 24.7 Å². The van der Waals surface area contributed by atoms with Crippen molar-refractivity contribution in [2.45, 2.75) is 6.92 Å². The highest BCUT2D eigenvalue weighted by molar-refractivity contribution is 6.07. The fraction of sp³-hybridized carbons (Fsp3) is 0.0435. The summed E-state index contributed by atoms with van der Waals surface area (Å²) < 4.78 is 0. The Labute approximate surface area is 162 Å². The maximum atomic E-state index is 12.8. The second-order valence-electron chi connectivity index (χ2n) is 6.42. The van der Waals surface area contributed by atoms with E-state index in [0.29, 0.717) is 11.3 Å². The van der Waals surface area contributed by atoms with Crippen LogP contribution in [0.1, 0.15) is 21.5 Å². The van der Waals surface area contributed by atoms with Crippen LogP contribution in [-0.4, -0.2) is 22.1 Å². The maximum Gasteiger partial charge on any atom is 0.272 e. The lowest BCUT2D eigenvalue weighted by molar-refractivity contribution is 0.0957. The summed E-state index contributed by atoms with van der Waals surface area (Å²) in [7, 11) is 0. The summed E-state index contributed by atoms with van der Waals surface area (Å²) in [5.41, 5.74) is 7.59. The molecular weight excluding hydrogens is 348 g/mol. The van der Waals surface area contributed by atoms with Gasteiger partial charge in [-0.05, 0) is 36.8 Å². The number of nitrogens with zero attached hydrogens (tertiary/aromatic N) is 3. The lowest BCUT2D eigenvalue weighted by atomic mass is 10.0. The quantitative estimate of drug-likeness (QED) is 0.431. The molecule has 4 aromatic rings. The molecule has 5 nitrogen and oxygen atoms in total. The number of carbonyl (C=O) groups excluding carboxylic acids is 1. The maximum absolute atomic E-state index is 12.8. The first-order valence-corrected chi connectivity index (χ1v) is 8.91. The number of aryl methyl sites for hydroxylation is 1. The number of hydrogen-bond acceptors (Lipinski definition) is 4. The number of amides is 1. The summed E-state index contributed by atoms with van der Waals surface area (Å²) >= 11 is 0. The highest BCUT2D eigenvalue weighted by Crippen LogP contribution is 2.24. The van der Waals surface area contributed by atoms with Gasteiger partial charge in [-0.2, -0.15) is 5.10 Å². The number of para-hydroxylation sites is 1. The number of fused-ring (bicyclic) bond motifs is 1. The minimum absolute atomic E-state index is 0.280. The van der Waals surface area contributed by atoms with Gasteiger partial charge in [0.25, 0.3) is 5.91 Å². The average Bonchev–Trinajstić information content (AvgIpc) is 2.73. The number of rotatable bonds is 4. The summed E-state index contributed by atoms with van der Waals surface area (Å²) in [5.74, 6) is -0.280. The first-order valence-electron chi connectivity index (χ1n) is 8.91. The van der Waals surface area contributed by atoms with Crippen LogP contribution in [0.25, 0.3) is 22.2 Å². The van der Waals surface area contributed by atoms with E-state index in [-0.39, 0.29) is 5.91 Å². The van der Waals surface area contributed by atoms with E-state index in [1.165, 1.54) is 0 Å². The fourth-order valence-electron chi connectivity index (χ4n) is 3.01. The van der Waals surface area contributed by atoms with Crippen LogP contribution >= 0.6 is 0 Å². The highest BCUT2D eigenvalue weighted by atomic mass is 16.2. The number of hydrogen-bond donors (Lipinski definition) is 1. The van der Waals surface area contributed by atoms with Gasteiger partial charge in [-0.3, -0.25) is 9.78 Å². The third-order valence-electron chi connectivity index (χ3n) is 4.36. The van der Waals surface area contributed by atoms with E-state index < -0.39 is 0 Å². The molecule has 0 bridgehead atoms. The van der Waals surface area contributed by atoms with Gasteiger partial charge in [0, 0.05) is 23.3 Å². The number of hydrazone groups is 1. The molecular formula is C23H18N4O. The molecule has 0 unspecified atom stereocenters. The van der Waals surface area contributed by atoms with Gasteiger partial charge >= 0.3 is 0 Å². The van der Waals surface area contributed by atoms with Crippen molar-refractivity contribution in [3.63, 3.8) is 0 Å². The topological polar surface area (TPSA) is 67.2 Å². The molecule has 1 N–H and O–H groups in total. The van der Waals surface area contributed by atoms with Gasteiger partial charge in [-0.25, -0.2) is 10.4 Å². The summed E-state index contributed by atoms with van der Waals surface area (Å²) in [6.07, 6.45) is 5.05. The van der Waals surface area contributed by atoms with Gasteiger partial charge in [-0.15, -0.1) is 0 Å². The van der Waals surface area contributed by atoms with Crippen LogP contribution in [0.3, 0.4) is 0 Å². The zero-order valence-electron chi connectivity index (χ0n) is 15.3. The van der Waals surface area contributed by atoms with Gasteiger partial charge in [0.2, 0.25) is 0 Å². The monoisotopic (exact) mass is 366 g/mol. The molecule has 2 aromatic heterocycles. The average molecular weight is 366 g/mol. The van der Waals surface area contributed by atoms with Crippen LogP contribution in [0.2, 0.25) is 0 Å². The van der Waals surface area contributed by atoms with Gasteiger partial charge in [-0.1, -0.05) is 48.0 Å². The lowest BCUT2D eigenvalue weighted by Crippen LogP contribution is -2.18. The first kappa shape index (κ1) is 17.5. The Kier molecular flexibility index (Phi) is 4.89. The minimum Gasteiger partial charge on any atom is -0.267 e. The SMILES string of the molecule is Cc1cccc(/C=N/NC(=O)c2cc(-c3ccncc3)nc3ccccc23)c1. The summed E-state index contributed by atoms with van der Waals surface area (Å²) in [6, 6.07) is 21.0. The molecule has 0 spiro atoms. The number of aromatic nitrogens is 2. The molecule has 28 heavy (non-hydrogen) atoms. The van der Waals surface area contributed by atoms with Crippen LogP contribution in [0.4, 0.5) is 0 Å². The van der Waals surface area contributed by atoms with E-state index in [4.69, 9.17) is 0 Å². The van der Waals surface area contributed by atoms with Crippen LogP contribution in [0.5, 0.6) is 0 Å². The molecule has 0 aliphatic carbocycles. The molecule has 5 heteroatoms. The molecule has 2 heterocycles. The van der Waals surface area contributed by atoms with Crippen LogP contribution in [0, 0.1) is 6.92 Å². The Morgan fingerprint density at radius 3 is 2.64 bits per heavy atom. The van der Waals surface area contributed by atoms with E-state index in [2.05, 4.69) is 20.5 Å². The zero-order valence-corrected chi connectivity index (χ0v) is 15.3. The van der Waals surface area contributed by atoms with Crippen molar-refractivity contribution in [1.29, 1.82) is 0 Å². The summed E-state index contributed by atoms with van der Waals surface area (Å²) in [5, 5.41) is 4.89. The van der Waals surface area contributed by atoms with Crippen LogP contribution in [0.15, 0.2) is 84.2 Å². The Morgan fingerprint density at radius 1 is 1.00 bits per heavy atom. The number of carbonyl (C=O) groups is 1. The molecule has 0 aliphatic heterocycles. The van der Waals surface area contributed by atoms with Crippen molar-refractivity contribution in [3.8, 4) is 11.3 Å². The van der Waals surface area contributed by atoms with Gasteiger partial charge in [0.15, 0.2) is 0 Å². The third-order valence-corrected chi connectivity index (χ3v) is 4.36. The normalized spacial score (nSPS) is 11.0. The second kappa shape index (κ2) is 7.80. The van der Waals surface area contributed by atoms with Crippen LogP contribution in [-0.2, 0) is 0 Å². The Morgan fingerprint density at radius 2 is 1.82 bits per heavy atom. The van der Waals surface area contributed by atoms with E-state index in [1.807, 2.05) is 67.6 Å².